The van der Waals surface area contributed by atoms with Gasteiger partial charge in [-0.25, -0.2) is 0 Å². The highest BCUT2D eigenvalue weighted by Crippen LogP contribution is 2.32. The van der Waals surface area contributed by atoms with Crippen molar-refractivity contribution in [2.45, 2.75) is 64.3 Å². The first-order chi connectivity index (χ1) is 6.52. The summed E-state index contributed by atoms with van der Waals surface area (Å²) in [6.07, 6.45) is 6.97. The molecule has 1 rings (SSSR count). The Balaban J connectivity index is 2.24. The third-order valence-electron chi connectivity index (χ3n) is 3.50. The lowest BCUT2D eigenvalue weighted by atomic mass is 9.64. The van der Waals surface area contributed by atoms with Crippen molar-refractivity contribution in [2.24, 2.45) is 5.92 Å². The van der Waals surface area contributed by atoms with Gasteiger partial charge in [0.25, 0.3) is 0 Å². The molecule has 1 atom stereocenters. The van der Waals surface area contributed by atoms with Crippen LogP contribution in [0, 0.1) is 5.92 Å². The molecule has 0 aromatic rings. The van der Waals surface area contributed by atoms with Gasteiger partial charge in [-0.1, -0.05) is 40.0 Å². The Labute approximate surface area is 90.0 Å². The van der Waals surface area contributed by atoms with Crippen LogP contribution in [0.15, 0.2) is 0 Å². The van der Waals surface area contributed by atoms with Crippen molar-refractivity contribution in [3.8, 4) is 0 Å². The third kappa shape index (κ3) is 3.64. The average Bonchev–Trinajstić information content (AvgIpc) is 2.16. The molecule has 0 spiro atoms. The van der Waals surface area contributed by atoms with Crippen molar-refractivity contribution < 1.29 is 4.74 Å². The molecular weight excluding hydrogens is 171 g/mol. The van der Waals surface area contributed by atoms with Gasteiger partial charge in [-0.2, -0.15) is 0 Å². The molecule has 0 aromatic carbocycles. The lowest BCUT2D eigenvalue weighted by Crippen LogP contribution is -2.27. The summed E-state index contributed by atoms with van der Waals surface area (Å²) in [5, 5.41) is -0.169. The van der Waals surface area contributed by atoms with E-state index in [0.29, 0.717) is 18.6 Å². The minimum atomic E-state index is -0.169. The van der Waals surface area contributed by atoms with E-state index in [9.17, 15) is 0 Å². The highest BCUT2D eigenvalue weighted by atomic mass is 16.5. The van der Waals surface area contributed by atoms with E-state index in [1.165, 1.54) is 32.1 Å². The van der Waals surface area contributed by atoms with Crippen LogP contribution < -0.4 is 0 Å². The summed E-state index contributed by atoms with van der Waals surface area (Å²) in [6, 6.07) is 0. The van der Waals surface area contributed by atoms with Crippen molar-refractivity contribution in [1.82, 2.24) is 0 Å². The molecule has 0 N–H and O–H groups in total. The summed E-state index contributed by atoms with van der Waals surface area (Å²) in [4.78, 5) is 0. The maximum atomic E-state index is 6.15. The SMILES string of the molecule is [B]C(C)(COC1CCCCC1)C(C)C. The monoisotopic (exact) mass is 194 g/mol. The summed E-state index contributed by atoms with van der Waals surface area (Å²) in [5.74, 6) is 0.478. The van der Waals surface area contributed by atoms with E-state index >= 15 is 0 Å². The van der Waals surface area contributed by atoms with Gasteiger partial charge in [0.05, 0.1) is 14.0 Å². The van der Waals surface area contributed by atoms with Gasteiger partial charge in [0.2, 0.25) is 0 Å². The van der Waals surface area contributed by atoms with Gasteiger partial charge < -0.3 is 4.74 Å². The first-order valence-corrected chi connectivity index (χ1v) is 5.93. The Morgan fingerprint density at radius 1 is 1.29 bits per heavy atom. The fourth-order valence-electron chi connectivity index (χ4n) is 1.70. The maximum absolute atomic E-state index is 6.15. The summed E-state index contributed by atoms with van der Waals surface area (Å²) in [6.45, 7) is 7.10. The fraction of sp³-hybridized carbons (Fsp3) is 1.00. The lowest BCUT2D eigenvalue weighted by Gasteiger charge is -2.32. The van der Waals surface area contributed by atoms with Crippen LogP contribution in [0.25, 0.3) is 0 Å². The van der Waals surface area contributed by atoms with Crippen molar-refractivity contribution in [2.75, 3.05) is 6.61 Å². The Bertz CT molecular complexity index is 160. The molecule has 0 saturated heterocycles. The Hall–Kier alpha value is 0.0249. The fourth-order valence-corrected chi connectivity index (χ4v) is 1.70. The molecule has 0 aromatic heterocycles. The number of hydrogen-bond acceptors (Lipinski definition) is 1. The molecule has 14 heavy (non-hydrogen) atoms. The number of rotatable bonds is 4. The molecule has 80 valence electrons. The van der Waals surface area contributed by atoms with Crippen LogP contribution in [0.1, 0.15) is 52.9 Å². The molecule has 1 aliphatic rings. The van der Waals surface area contributed by atoms with E-state index in [1.807, 2.05) is 0 Å². The second kappa shape index (κ2) is 5.20. The normalized spacial score (nSPS) is 23.7. The summed E-state index contributed by atoms with van der Waals surface area (Å²) < 4.78 is 5.88. The first-order valence-electron chi connectivity index (χ1n) is 5.93. The summed E-state index contributed by atoms with van der Waals surface area (Å²) >= 11 is 0. The van der Waals surface area contributed by atoms with E-state index in [4.69, 9.17) is 12.6 Å². The first kappa shape index (κ1) is 12.1. The third-order valence-corrected chi connectivity index (χ3v) is 3.50. The Morgan fingerprint density at radius 2 is 1.86 bits per heavy atom. The molecule has 0 aliphatic heterocycles. The molecule has 2 radical (unpaired) electrons. The molecule has 1 unspecified atom stereocenters. The molecular formula is C12H23BO. The molecule has 1 nitrogen and oxygen atoms in total. The lowest BCUT2D eigenvalue weighted by molar-refractivity contribution is 0.00773. The standard InChI is InChI=1S/C12H23BO/c1-10(2)12(3,13)9-14-11-7-5-4-6-8-11/h10-11H,4-9H2,1-3H3. The van der Waals surface area contributed by atoms with Crippen LogP contribution in [0.4, 0.5) is 0 Å². The topological polar surface area (TPSA) is 9.23 Å². The van der Waals surface area contributed by atoms with E-state index < -0.39 is 0 Å². The van der Waals surface area contributed by atoms with Crippen LogP contribution in [0.3, 0.4) is 0 Å². The smallest absolute Gasteiger partial charge is 0.0777 e. The van der Waals surface area contributed by atoms with Gasteiger partial charge in [0.15, 0.2) is 0 Å². The van der Waals surface area contributed by atoms with Gasteiger partial charge >= 0.3 is 0 Å². The molecule has 1 fully saturated rings. The zero-order chi connectivity index (χ0) is 10.6. The molecule has 2 heteroatoms. The van der Waals surface area contributed by atoms with Gasteiger partial charge in [-0.3, -0.25) is 0 Å². The molecule has 0 bridgehead atoms. The van der Waals surface area contributed by atoms with E-state index in [-0.39, 0.29) is 5.31 Å². The van der Waals surface area contributed by atoms with Crippen LogP contribution in [0.5, 0.6) is 0 Å². The minimum Gasteiger partial charge on any atom is -0.378 e. The zero-order valence-corrected chi connectivity index (χ0v) is 9.88. The minimum absolute atomic E-state index is 0.169. The van der Waals surface area contributed by atoms with Crippen molar-refractivity contribution in [1.29, 1.82) is 0 Å². The molecule has 0 heterocycles. The van der Waals surface area contributed by atoms with Crippen LogP contribution in [-0.2, 0) is 4.74 Å². The number of ether oxygens (including phenoxy) is 1. The van der Waals surface area contributed by atoms with Crippen LogP contribution >= 0.6 is 0 Å². The van der Waals surface area contributed by atoms with Crippen molar-refractivity contribution in [3.63, 3.8) is 0 Å². The van der Waals surface area contributed by atoms with Crippen molar-refractivity contribution in [3.05, 3.63) is 0 Å². The largest absolute Gasteiger partial charge is 0.378 e. The van der Waals surface area contributed by atoms with Crippen LogP contribution in [-0.4, -0.2) is 20.6 Å². The van der Waals surface area contributed by atoms with Crippen molar-refractivity contribution >= 4 is 7.85 Å². The second-order valence-corrected chi connectivity index (χ2v) is 5.23. The predicted octanol–water partition coefficient (Wildman–Crippen LogP) is 3.34. The molecule has 1 aliphatic carbocycles. The van der Waals surface area contributed by atoms with Gasteiger partial charge in [0, 0.05) is 6.61 Å². The number of hydrogen-bond donors (Lipinski definition) is 0. The summed E-state index contributed by atoms with van der Waals surface area (Å²) in [5.41, 5.74) is 0. The van der Waals surface area contributed by atoms with Gasteiger partial charge in [-0.15, -0.1) is 0 Å². The molecule has 1 saturated carbocycles. The quantitative estimate of drug-likeness (QED) is 0.623. The van der Waals surface area contributed by atoms with E-state index in [1.54, 1.807) is 0 Å². The second-order valence-electron chi connectivity index (χ2n) is 5.23. The molecule has 0 amide bonds. The van der Waals surface area contributed by atoms with E-state index in [2.05, 4.69) is 20.8 Å². The van der Waals surface area contributed by atoms with Gasteiger partial charge in [0.1, 0.15) is 0 Å². The average molecular weight is 194 g/mol. The van der Waals surface area contributed by atoms with Crippen LogP contribution in [0.2, 0.25) is 5.31 Å². The maximum Gasteiger partial charge on any atom is 0.0777 e. The predicted molar refractivity (Wildman–Crippen MR) is 61.8 cm³/mol. The highest BCUT2D eigenvalue weighted by molar-refractivity contribution is 6.15. The Morgan fingerprint density at radius 3 is 2.36 bits per heavy atom. The summed E-state index contributed by atoms with van der Waals surface area (Å²) in [7, 11) is 6.15. The Kier molecular flexibility index (Phi) is 4.50. The zero-order valence-electron chi connectivity index (χ0n) is 9.88. The highest BCUT2D eigenvalue weighted by Gasteiger charge is 2.24. The van der Waals surface area contributed by atoms with Gasteiger partial charge in [-0.05, 0) is 24.1 Å². The van der Waals surface area contributed by atoms with E-state index in [0.717, 1.165) is 0 Å².